The number of nitrogens with zero attached hydrogens (tertiary/aromatic N) is 2. The Morgan fingerprint density at radius 1 is 0.600 bits per heavy atom. The van der Waals surface area contributed by atoms with Crippen molar-refractivity contribution in [3.05, 3.63) is 0 Å². The topological polar surface area (TPSA) is 24.9 Å². The number of rotatable bonds is 4. The molecule has 4 aliphatic rings. The Balaban J connectivity index is 1.49. The van der Waals surface area contributed by atoms with Gasteiger partial charge in [-0.2, -0.15) is 0 Å². The lowest BCUT2D eigenvalue weighted by Crippen LogP contribution is -2.72. The van der Waals surface area contributed by atoms with Crippen LogP contribution in [0.1, 0.15) is 64.2 Å². The monoisotopic (exact) mass is 366 g/mol. The molecule has 5 heteroatoms. The Labute approximate surface area is 155 Å². The Morgan fingerprint density at radius 2 is 1.00 bits per heavy atom. The van der Waals surface area contributed by atoms with E-state index in [1.54, 1.807) is 0 Å². The predicted octanol–water partition coefficient (Wildman–Crippen LogP) is 3.74. The van der Waals surface area contributed by atoms with Crippen LogP contribution in [0.25, 0.3) is 0 Å². The van der Waals surface area contributed by atoms with Crippen LogP contribution < -0.4 is 0 Å². The second kappa shape index (κ2) is 7.97. The molecular weight excluding hydrogens is 328 g/mol. The Kier molecular flexibility index (Phi) is 5.87. The van der Waals surface area contributed by atoms with Crippen LogP contribution in [-0.2, 0) is 8.85 Å². The van der Waals surface area contributed by atoms with Crippen LogP contribution >= 0.6 is 0 Å². The third-order valence-corrected chi connectivity index (χ3v) is 11.4. The largest absolute Gasteiger partial charge is 0.522 e. The maximum atomic E-state index is 6.29. The quantitative estimate of drug-likeness (QED) is 0.708. The van der Waals surface area contributed by atoms with E-state index in [1.165, 1.54) is 90.4 Å². The van der Waals surface area contributed by atoms with E-state index in [-0.39, 0.29) is 0 Å². The molecule has 2 aliphatic carbocycles. The van der Waals surface area contributed by atoms with Gasteiger partial charge in [0.05, 0.1) is 0 Å². The molecule has 0 radical (unpaired) electrons. The van der Waals surface area contributed by atoms with Gasteiger partial charge in [-0.15, -0.1) is 0 Å². The van der Waals surface area contributed by atoms with Crippen molar-refractivity contribution < 1.29 is 8.85 Å². The highest BCUT2D eigenvalue weighted by molar-refractivity contribution is 6.61. The molecule has 2 saturated carbocycles. The van der Waals surface area contributed by atoms with Crippen LogP contribution in [0, 0.1) is 23.7 Å². The van der Waals surface area contributed by atoms with E-state index in [1.807, 2.05) is 14.2 Å². The molecule has 0 aromatic heterocycles. The van der Waals surface area contributed by atoms with Crippen molar-refractivity contribution in [3.8, 4) is 0 Å². The summed E-state index contributed by atoms with van der Waals surface area (Å²) in [5.74, 6) is 3.70. The Morgan fingerprint density at radius 3 is 1.40 bits per heavy atom. The summed E-state index contributed by atoms with van der Waals surface area (Å²) in [5, 5.41) is 0. The van der Waals surface area contributed by atoms with Crippen molar-refractivity contribution >= 4 is 8.88 Å². The van der Waals surface area contributed by atoms with Crippen molar-refractivity contribution in [2.75, 3.05) is 40.4 Å². The summed E-state index contributed by atoms with van der Waals surface area (Å²) in [5.41, 5.74) is 0. The first kappa shape index (κ1) is 18.4. The minimum atomic E-state index is -2.43. The molecule has 0 amide bonds. The van der Waals surface area contributed by atoms with Gasteiger partial charge in [0, 0.05) is 14.2 Å². The van der Waals surface area contributed by atoms with Gasteiger partial charge in [0.1, 0.15) is 0 Å². The van der Waals surface area contributed by atoms with Gasteiger partial charge in [-0.1, -0.05) is 38.5 Å². The van der Waals surface area contributed by atoms with Crippen molar-refractivity contribution in [2.45, 2.75) is 64.2 Å². The molecule has 0 aromatic rings. The lowest BCUT2D eigenvalue weighted by atomic mass is 9.76. The number of hydrogen-bond acceptors (Lipinski definition) is 4. The van der Waals surface area contributed by atoms with Gasteiger partial charge in [-0.25, -0.2) is 0 Å². The maximum Gasteiger partial charge on any atom is 0.522 e. The zero-order chi connectivity index (χ0) is 17.3. The Bertz CT molecular complexity index is 409. The first-order valence-corrected chi connectivity index (χ1v) is 12.6. The summed E-state index contributed by atoms with van der Waals surface area (Å²) in [6.07, 6.45) is 14.2. The normalized spacial score (nSPS) is 38.2. The molecule has 4 rings (SSSR count). The van der Waals surface area contributed by atoms with Crippen LogP contribution in [0.15, 0.2) is 0 Å². The average Bonchev–Trinajstić information content (AvgIpc) is 2.69. The van der Waals surface area contributed by atoms with Gasteiger partial charge in [-0.05, 0) is 75.5 Å². The van der Waals surface area contributed by atoms with Gasteiger partial charge in [0.15, 0.2) is 0 Å². The highest BCUT2D eigenvalue weighted by Crippen LogP contribution is 2.41. The van der Waals surface area contributed by atoms with E-state index < -0.39 is 8.88 Å². The second-order valence-corrected chi connectivity index (χ2v) is 12.2. The van der Waals surface area contributed by atoms with Gasteiger partial charge < -0.3 is 8.85 Å². The van der Waals surface area contributed by atoms with Gasteiger partial charge in [0.25, 0.3) is 0 Å². The zero-order valence-electron chi connectivity index (χ0n) is 16.4. The minimum absolute atomic E-state index is 0.881. The van der Waals surface area contributed by atoms with Gasteiger partial charge >= 0.3 is 8.88 Å². The van der Waals surface area contributed by atoms with E-state index in [0.717, 1.165) is 23.7 Å². The molecule has 0 bridgehead atoms. The van der Waals surface area contributed by atoms with Crippen molar-refractivity contribution in [2.24, 2.45) is 23.7 Å². The summed E-state index contributed by atoms with van der Waals surface area (Å²) < 4.78 is 17.9. The van der Waals surface area contributed by atoms with Gasteiger partial charge in [-0.3, -0.25) is 9.13 Å². The third-order valence-electron chi connectivity index (χ3n) is 7.91. The molecule has 4 atom stereocenters. The molecule has 2 aliphatic heterocycles. The molecule has 4 unspecified atom stereocenters. The highest BCUT2D eigenvalue weighted by atomic mass is 28.4. The molecule has 0 N–H and O–H groups in total. The van der Waals surface area contributed by atoms with Crippen LogP contribution in [0.4, 0.5) is 0 Å². The van der Waals surface area contributed by atoms with E-state index >= 15 is 0 Å². The first-order valence-electron chi connectivity index (χ1n) is 10.9. The SMILES string of the molecule is CO[Si](OC)(N1CCC2CCCCC2C1)N1CCC2CCCCC2C1. The van der Waals surface area contributed by atoms with Crippen LogP contribution in [-0.4, -0.2) is 58.4 Å². The second-order valence-electron chi connectivity index (χ2n) is 9.04. The average molecular weight is 367 g/mol. The Hall–Kier alpha value is 0.0569. The lowest BCUT2D eigenvalue weighted by molar-refractivity contribution is 0.0204. The number of piperidine rings is 2. The maximum absolute atomic E-state index is 6.29. The summed E-state index contributed by atoms with van der Waals surface area (Å²) in [6.45, 7) is 4.78. The summed E-state index contributed by atoms with van der Waals surface area (Å²) in [4.78, 5) is 0. The smallest absolute Gasteiger partial charge is 0.374 e. The van der Waals surface area contributed by atoms with Crippen LogP contribution in [0.3, 0.4) is 0 Å². The highest BCUT2D eigenvalue weighted by Gasteiger charge is 2.54. The molecule has 25 heavy (non-hydrogen) atoms. The summed E-state index contributed by atoms with van der Waals surface area (Å²) in [6, 6.07) is 0. The van der Waals surface area contributed by atoms with Crippen molar-refractivity contribution in [1.29, 1.82) is 0 Å². The first-order chi connectivity index (χ1) is 12.3. The summed E-state index contributed by atoms with van der Waals surface area (Å²) >= 11 is 0. The molecule has 2 heterocycles. The predicted molar refractivity (Wildman–Crippen MR) is 103 cm³/mol. The standard InChI is InChI=1S/C20H38N2O2Si/c1-23-25(24-2,21-13-11-17-7-3-5-9-19(17)15-21)22-14-12-18-8-4-6-10-20(18)16-22/h17-20H,3-16H2,1-2H3. The summed E-state index contributed by atoms with van der Waals surface area (Å²) in [7, 11) is 1.40. The molecule has 144 valence electrons. The van der Waals surface area contributed by atoms with Crippen molar-refractivity contribution in [3.63, 3.8) is 0 Å². The fourth-order valence-electron chi connectivity index (χ4n) is 6.51. The fourth-order valence-corrected chi connectivity index (χ4v) is 9.87. The lowest BCUT2D eigenvalue weighted by Gasteiger charge is -2.52. The molecule has 0 aromatic carbocycles. The molecule has 4 nitrogen and oxygen atoms in total. The van der Waals surface area contributed by atoms with Crippen LogP contribution in [0.2, 0.25) is 0 Å². The number of fused-ring (bicyclic) bond motifs is 2. The minimum Gasteiger partial charge on any atom is -0.374 e. The fraction of sp³-hybridized carbons (Fsp3) is 1.00. The van der Waals surface area contributed by atoms with E-state index in [9.17, 15) is 0 Å². The third kappa shape index (κ3) is 3.47. The molecule has 4 fully saturated rings. The zero-order valence-corrected chi connectivity index (χ0v) is 17.4. The molecule has 0 spiro atoms. The van der Waals surface area contributed by atoms with E-state index in [2.05, 4.69) is 9.13 Å². The van der Waals surface area contributed by atoms with E-state index in [4.69, 9.17) is 8.85 Å². The van der Waals surface area contributed by atoms with Crippen LogP contribution in [0.5, 0.6) is 0 Å². The molecule has 2 saturated heterocycles. The number of hydrogen-bond donors (Lipinski definition) is 0. The van der Waals surface area contributed by atoms with E-state index in [0.29, 0.717) is 0 Å². The van der Waals surface area contributed by atoms with Crippen molar-refractivity contribution in [1.82, 2.24) is 9.13 Å². The molecular formula is C20H38N2O2Si. The van der Waals surface area contributed by atoms with Gasteiger partial charge in [0.2, 0.25) is 0 Å².